The number of nitrogens with zero attached hydrogens (tertiary/aromatic N) is 3. The van der Waals surface area contributed by atoms with Crippen molar-refractivity contribution in [2.45, 2.75) is 78.7 Å². The van der Waals surface area contributed by atoms with E-state index < -0.39 is 0 Å². The fourth-order valence-electron chi connectivity index (χ4n) is 3.75. The van der Waals surface area contributed by atoms with Crippen LogP contribution in [0.1, 0.15) is 82.4 Å². The molecular formula is C25H37N5. The Hall–Kier alpha value is -2.56. The fourth-order valence-corrected chi connectivity index (χ4v) is 3.75. The minimum absolute atomic E-state index is 0.383. The van der Waals surface area contributed by atoms with Crippen LogP contribution in [0.4, 0.5) is 11.6 Å². The molecule has 162 valence electrons. The summed E-state index contributed by atoms with van der Waals surface area (Å²) in [5.41, 5.74) is 4.80. The third kappa shape index (κ3) is 5.74. The standard InChI is InChI=1S/C25H37N5/c1-5-7-8-9-14-26-23-16-24(30-25(29-23)22(18-28-30)19(3)4)27-17-21-13-10-12-20(15-21)11-6-2/h10,12-13,15-16,18-19,27H,5-9,11,14,17H2,1-4H3,(H,26,29). The SMILES string of the molecule is CCCCCCNc1cc(NCc2cccc(CCC)c2)n2ncc(C(C)C)c2n1. The summed E-state index contributed by atoms with van der Waals surface area (Å²) < 4.78 is 1.94. The molecule has 1 aromatic carbocycles. The molecule has 0 bridgehead atoms. The molecule has 0 radical (unpaired) electrons. The predicted octanol–water partition coefficient (Wildman–Crippen LogP) is 6.41. The number of anilines is 2. The molecule has 0 saturated heterocycles. The van der Waals surface area contributed by atoms with Crippen LogP contribution in [-0.2, 0) is 13.0 Å². The van der Waals surface area contributed by atoms with Crippen LogP contribution in [0.5, 0.6) is 0 Å². The highest BCUT2D eigenvalue weighted by atomic mass is 15.3. The fraction of sp³-hybridized carbons (Fsp3) is 0.520. The van der Waals surface area contributed by atoms with Crippen molar-refractivity contribution in [2.75, 3.05) is 17.2 Å². The molecule has 0 atom stereocenters. The van der Waals surface area contributed by atoms with Gasteiger partial charge in [0.1, 0.15) is 11.6 Å². The van der Waals surface area contributed by atoms with Gasteiger partial charge in [0.25, 0.3) is 0 Å². The molecule has 5 nitrogen and oxygen atoms in total. The normalized spacial score (nSPS) is 11.4. The summed E-state index contributed by atoms with van der Waals surface area (Å²) in [6.07, 6.45) is 9.21. The first-order chi connectivity index (χ1) is 14.6. The lowest BCUT2D eigenvalue weighted by Crippen LogP contribution is -2.10. The van der Waals surface area contributed by atoms with Crippen molar-refractivity contribution in [3.05, 3.63) is 53.2 Å². The van der Waals surface area contributed by atoms with E-state index in [1.165, 1.54) is 48.8 Å². The van der Waals surface area contributed by atoms with E-state index in [4.69, 9.17) is 4.98 Å². The zero-order valence-electron chi connectivity index (χ0n) is 19.0. The lowest BCUT2D eigenvalue weighted by molar-refractivity contribution is 0.684. The summed E-state index contributed by atoms with van der Waals surface area (Å²) in [7, 11) is 0. The van der Waals surface area contributed by atoms with Crippen molar-refractivity contribution in [3.63, 3.8) is 0 Å². The Bertz CT molecular complexity index is 928. The second-order valence-electron chi connectivity index (χ2n) is 8.43. The maximum Gasteiger partial charge on any atom is 0.163 e. The van der Waals surface area contributed by atoms with Gasteiger partial charge in [0.15, 0.2) is 5.65 Å². The van der Waals surface area contributed by atoms with Crippen molar-refractivity contribution >= 4 is 17.3 Å². The van der Waals surface area contributed by atoms with Gasteiger partial charge >= 0.3 is 0 Å². The highest BCUT2D eigenvalue weighted by molar-refractivity contribution is 5.61. The van der Waals surface area contributed by atoms with Crippen molar-refractivity contribution in [1.82, 2.24) is 14.6 Å². The molecule has 2 N–H and O–H groups in total. The molecule has 3 aromatic rings. The van der Waals surface area contributed by atoms with Gasteiger partial charge in [0, 0.05) is 24.7 Å². The van der Waals surface area contributed by atoms with Crippen molar-refractivity contribution in [2.24, 2.45) is 0 Å². The molecule has 2 aromatic heterocycles. The van der Waals surface area contributed by atoms with Gasteiger partial charge in [-0.15, -0.1) is 0 Å². The molecule has 0 aliphatic carbocycles. The van der Waals surface area contributed by atoms with Gasteiger partial charge in [-0.2, -0.15) is 9.61 Å². The van der Waals surface area contributed by atoms with Crippen molar-refractivity contribution in [3.8, 4) is 0 Å². The second kappa shape index (κ2) is 11.0. The van der Waals surface area contributed by atoms with E-state index in [2.05, 4.69) is 73.8 Å². The van der Waals surface area contributed by atoms with E-state index in [1.54, 1.807) is 0 Å². The number of hydrogen-bond acceptors (Lipinski definition) is 4. The Morgan fingerprint density at radius 2 is 1.80 bits per heavy atom. The molecule has 2 heterocycles. The zero-order chi connectivity index (χ0) is 21.3. The molecule has 0 unspecified atom stereocenters. The second-order valence-corrected chi connectivity index (χ2v) is 8.43. The Kier molecular flexibility index (Phi) is 8.12. The number of hydrogen-bond donors (Lipinski definition) is 2. The molecule has 30 heavy (non-hydrogen) atoms. The molecule has 5 heteroatoms. The molecule has 0 aliphatic rings. The van der Waals surface area contributed by atoms with Crippen LogP contribution in [0, 0.1) is 0 Å². The van der Waals surface area contributed by atoms with Gasteiger partial charge in [-0.3, -0.25) is 0 Å². The van der Waals surface area contributed by atoms with Crippen molar-refractivity contribution in [1.29, 1.82) is 0 Å². The van der Waals surface area contributed by atoms with Crippen LogP contribution in [0.25, 0.3) is 5.65 Å². The van der Waals surface area contributed by atoms with Gasteiger partial charge in [-0.25, -0.2) is 4.98 Å². The van der Waals surface area contributed by atoms with Gasteiger partial charge < -0.3 is 10.6 Å². The summed E-state index contributed by atoms with van der Waals surface area (Å²) in [5, 5.41) is 11.7. The molecule has 3 rings (SSSR count). The molecular weight excluding hydrogens is 370 g/mol. The van der Waals surface area contributed by atoms with Crippen LogP contribution in [0.2, 0.25) is 0 Å². The first-order valence-electron chi connectivity index (χ1n) is 11.6. The number of aromatic nitrogens is 3. The first-order valence-corrected chi connectivity index (χ1v) is 11.6. The summed E-state index contributed by atoms with van der Waals surface area (Å²) >= 11 is 0. The highest BCUT2D eigenvalue weighted by Crippen LogP contribution is 2.24. The highest BCUT2D eigenvalue weighted by Gasteiger charge is 2.14. The maximum absolute atomic E-state index is 4.88. The summed E-state index contributed by atoms with van der Waals surface area (Å²) in [4.78, 5) is 4.88. The average Bonchev–Trinajstić information content (AvgIpc) is 3.17. The first kappa shape index (κ1) is 22.1. The number of nitrogens with one attached hydrogen (secondary N) is 2. The number of aryl methyl sites for hydroxylation is 1. The van der Waals surface area contributed by atoms with Gasteiger partial charge in [-0.1, -0.05) is 77.6 Å². The minimum Gasteiger partial charge on any atom is -0.370 e. The number of rotatable bonds is 12. The van der Waals surface area contributed by atoms with Crippen molar-refractivity contribution < 1.29 is 0 Å². The van der Waals surface area contributed by atoms with E-state index >= 15 is 0 Å². The van der Waals surface area contributed by atoms with Crippen LogP contribution in [0.15, 0.2) is 36.5 Å². The third-order valence-electron chi connectivity index (χ3n) is 5.46. The van der Waals surface area contributed by atoms with Crippen LogP contribution in [0.3, 0.4) is 0 Å². The zero-order valence-corrected chi connectivity index (χ0v) is 19.0. The smallest absolute Gasteiger partial charge is 0.163 e. The average molecular weight is 408 g/mol. The number of benzene rings is 1. The summed E-state index contributed by atoms with van der Waals surface area (Å²) in [6, 6.07) is 10.9. The summed E-state index contributed by atoms with van der Waals surface area (Å²) in [6.45, 7) is 10.6. The Morgan fingerprint density at radius 3 is 2.57 bits per heavy atom. The summed E-state index contributed by atoms with van der Waals surface area (Å²) in [5.74, 6) is 2.28. The van der Waals surface area contributed by atoms with E-state index in [-0.39, 0.29) is 0 Å². The maximum atomic E-state index is 4.88. The minimum atomic E-state index is 0.383. The predicted molar refractivity (Wildman–Crippen MR) is 127 cm³/mol. The van der Waals surface area contributed by atoms with E-state index in [0.29, 0.717) is 5.92 Å². The number of unbranched alkanes of at least 4 members (excludes halogenated alkanes) is 3. The van der Waals surface area contributed by atoms with Crippen LogP contribution >= 0.6 is 0 Å². The molecule has 0 aliphatic heterocycles. The number of fused-ring (bicyclic) bond motifs is 1. The molecule has 0 fully saturated rings. The van der Waals surface area contributed by atoms with Crippen LogP contribution < -0.4 is 10.6 Å². The molecule has 0 spiro atoms. The molecule has 0 amide bonds. The Morgan fingerprint density at radius 1 is 0.967 bits per heavy atom. The molecule has 0 saturated carbocycles. The third-order valence-corrected chi connectivity index (χ3v) is 5.46. The lowest BCUT2D eigenvalue weighted by atomic mass is 10.1. The largest absolute Gasteiger partial charge is 0.370 e. The van der Waals surface area contributed by atoms with E-state index in [9.17, 15) is 0 Å². The van der Waals surface area contributed by atoms with E-state index in [1.807, 2.05) is 10.7 Å². The van der Waals surface area contributed by atoms with Crippen LogP contribution in [-0.4, -0.2) is 21.1 Å². The van der Waals surface area contributed by atoms with Gasteiger partial charge in [0.05, 0.1) is 6.20 Å². The van der Waals surface area contributed by atoms with E-state index in [0.717, 1.165) is 36.8 Å². The van der Waals surface area contributed by atoms with Gasteiger partial charge in [0.2, 0.25) is 0 Å². The quantitative estimate of drug-likeness (QED) is 0.341. The Balaban J connectivity index is 1.80. The van der Waals surface area contributed by atoms with Gasteiger partial charge in [-0.05, 0) is 29.9 Å². The monoisotopic (exact) mass is 407 g/mol. The topological polar surface area (TPSA) is 54.2 Å². The Labute approximate surface area is 181 Å². The lowest BCUT2D eigenvalue weighted by Gasteiger charge is -2.13.